The smallest absolute Gasteiger partial charge is 0.0918 e. The molecule has 6 rings (SSSR count). The first-order valence-corrected chi connectivity index (χ1v) is 15.8. The van der Waals surface area contributed by atoms with E-state index in [4.69, 9.17) is 15.0 Å². The van der Waals surface area contributed by atoms with Crippen LogP contribution in [0.2, 0.25) is 0 Å². The molecule has 46 heavy (non-hydrogen) atoms. The minimum atomic E-state index is 0.651. The zero-order valence-electron chi connectivity index (χ0n) is 28.2. The van der Waals surface area contributed by atoms with Crippen molar-refractivity contribution in [3.8, 4) is 33.6 Å². The van der Waals surface area contributed by atoms with Crippen LogP contribution in [0.4, 0.5) is 5.69 Å². The van der Waals surface area contributed by atoms with Crippen molar-refractivity contribution in [3.63, 3.8) is 0 Å². The van der Waals surface area contributed by atoms with Crippen LogP contribution in [0.1, 0.15) is 50.5 Å². The third kappa shape index (κ3) is 6.47. The maximum atomic E-state index is 4.93. The summed E-state index contributed by atoms with van der Waals surface area (Å²) in [6.07, 6.45) is 7.12. The molecule has 0 N–H and O–H groups in total. The maximum Gasteiger partial charge on any atom is 0.0918 e. The van der Waals surface area contributed by atoms with Crippen molar-refractivity contribution in [2.45, 2.75) is 47.5 Å². The number of benzene rings is 2. The number of rotatable bonds is 8. The molecule has 0 aliphatic carbocycles. The summed E-state index contributed by atoms with van der Waals surface area (Å²) in [4.78, 5) is 16.8. The van der Waals surface area contributed by atoms with Gasteiger partial charge in [-0.3, -0.25) is 19.6 Å². The van der Waals surface area contributed by atoms with E-state index in [-0.39, 0.29) is 0 Å². The van der Waals surface area contributed by atoms with Crippen molar-refractivity contribution >= 4 is 5.69 Å². The Morgan fingerprint density at radius 2 is 1.46 bits per heavy atom. The van der Waals surface area contributed by atoms with Crippen LogP contribution >= 0.6 is 0 Å². The Hall–Kier alpha value is -5.10. The van der Waals surface area contributed by atoms with Gasteiger partial charge in [0.25, 0.3) is 0 Å². The number of hydrogen-bond acceptors (Lipinski definition) is 5. The van der Waals surface area contributed by atoms with Gasteiger partial charge in [0.05, 0.1) is 11.4 Å². The molecule has 0 aliphatic heterocycles. The predicted molar refractivity (Wildman–Crippen MR) is 189 cm³/mol. The SMILES string of the molecule is Cc1cnc(-c2ccnn2C)c(Cc2cc(C)cc(C)c2-c2ccnc(Cc3cc(-c4ccc(C)cc4N(C)C)cc(C)n3)c2)c1. The van der Waals surface area contributed by atoms with Gasteiger partial charge >= 0.3 is 0 Å². The van der Waals surface area contributed by atoms with Crippen LogP contribution in [0.25, 0.3) is 33.6 Å². The highest BCUT2D eigenvalue weighted by Crippen LogP contribution is 2.34. The van der Waals surface area contributed by atoms with E-state index in [9.17, 15) is 0 Å². The highest BCUT2D eigenvalue weighted by molar-refractivity contribution is 5.79. The molecular weight excluding hydrogens is 564 g/mol. The molecule has 0 unspecified atom stereocenters. The van der Waals surface area contributed by atoms with Gasteiger partial charge < -0.3 is 4.90 Å². The second kappa shape index (κ2) is 12.7. The van der Waals surface area contributed by atoms with Gasteiger partial charge in [0.15, 0.2) is 0 Å². The first-order chi connectivity index (χ1) is 22.0. The largest absolute Gasteiger partial charge is 0.377 e. The number of anilines is 1. The minimum absolute atomic E-state index is 0.651. The molecule has 0 radical (unpaired) electrons. The first-order valence-electron chi connectivity index (χ1n) is 15.8. The van der Waals surface area contributed by atoms with Gasteiger partial charge in [0, 0.05) is 80.9 Å². The van der Waals surface area contributed by atoms with Crippen molar-refractivity contribution in [2.75, 3.05) is 19.0 Å². The molecule has 4 heterocycles. The maximum absolute atomic E-state index is 4.93. The Kier molecular flexibility index (Phi) is 8.55. The lowest BCUT2D eigenvalue weighted by atomic mass is 9.89. The molecular formula is C40H42N6. The van der Waals surface area contributed by atoms with Crippen LogP contribution in [-0.2, 0) is 19.9 Å². The number of pyridine rings is 3. The van der Waals surface area contributed by atoms with Crippen molar-refractivity contribution in [1.82, 2.24) is 24.7 Å². The van der Waals surface area contributed by atoms with Crippen LogP contribution in [0.3, 0.4) is 0 Å². The summed E-state index contributed by atoms with van der Waals surface area (Å²) >= 11 is 0. The standard InChI is InChI=1S/C40H42N6/c1-25-9-10-36(38(18-25)45(6)7)31-19-29(5)44-35(22-31)23-34-21-30(11-13-41-34)39-28(4)15-26(2)16-32(39)20-33-17-27(3)24-42-40(33)37-12-14-43-46(37)8/h9-19,21-22,24H,20,23H2,1-8H3. The molecule has 0 atom stereocenters. The molecule has 0 bridgehead atoms. The fourth-order valence-corrected chi connectivity index (χ4v) is 6.57. The molecule has 0 fully saturated rings. The molecule has 232 valence electrons. The second-order valence-electron chi connectivity index (χ2n) is 12.8. The van der Waals surface area contributed by atoms with E-state index in [1.54, 1.807) is 0 Å². The van der Waals surface area contributed by atoms with Crippen LogP contribution in [0.5, 0.6) is 0 Å². The molecule has 0 saturated carbocycles. The van der Waals surface area contributed by atoms with Crippen LogP contribution in [0.15, 0.2) is 85.3 Å². The van der Waals surface area contributed by atoms with E-state index in [0.29, 0.717) is 6.42 Å². The monoisotopic (exact) mass is 606 g/mol. The van der Waals surface area contributed by atoms with Crippen LogP contribution in [-0.4, -0.2) is 38.8 Å². The lowest BCUT2D eigenvalue weighted by Crippen LogP contribution is -2.10. The van der Waals surface area contributed by atoms with E-state index in [1.165, 1.54) is 55.8 Å². The summed E-state index contributed by atoms with van der Waals surface area (Å²) in [5, 5.41) is 4.41. The quantitative estimate of drug-likeness (QED) is 0.174. The van der Waals surface area contributed by atoms with E-state index in [0.717, 1.165) is 40.5 Å². The second-order valence-corrected chi connectivity index (χ2v) is 12.8. The summed E-state index contributed by atoms with van der Waals surface area (Å²) in [5.74, 6) is 0. The normalized spacial score (nSPS) is 11.2. The van der Waals surface area contributed by atoms with Gasteiger partial charge in [-0.1, -0.05) is 35.9 Å². The van der Waals surface area contributed by atoms with Crippen molar-refractivity contribution in [2.24, 2.45) is 7.05 Å². The Balaban J connectivity index is 1.37. The average Bonchev–Trinajstić information content (AvgIpc) is 3.42. The topological polar surface area (TPSA) is 59.7 Å². The summed E-state index contributed by atoms with van der Waals surface area (Å²) in [6.45, 7) is 10.7. The summed E-state index contributed by atoms with van der Waals surface area (Å²) < 4.78 is 1.89. The third-order valence-corrected chi connectivity index (χ3v) is 8.53. The van der Waals surface area contributed by atoms with Gasteiger partial charge in [0.2, 0.25) is 0 Å². The third-order valence-electron chi connectivity index (χ3n) is 8.53. The predicted octanol–water partition coefficient (Wildman–Crippen LogP) is 8.40. The number of aryl methyl sites for hydroxylation is 6. The Morgan fingerprint density at radius 1 is 0.674 bits per heavy atom. The molecule has 0 aliphatic rings. The molecule has 2 aromatic carbocycles. The zero-order chi connectivity index (χ0) is 32.5. The lowest BCUT2D eigenvalue weighted by Gasteiger charge is -2.19. The van der Waals surface area contributed by atoms with Crippen LogP contribution < -0.4 is 4.90 Å². The van der Waals surface area contributed by atoms with Gasteiger partial charge in [-0.05, 0) is 116 Å². The van der Waals surface area contributed by atoms with E-state index < -0.39 is 0 Å². The lowest BCUT2D eigenvalue weighted by molar-refractivity contribution is 0.772. The number of aromatic nitrogens is 5. The zero-order valence-corrected chi connectivity index (χ0v) is 28.2. The fraction of sp³-hybridized carbons (Fsp3) is 0.250. The van der Waals surface area contributed by atoms with Crippen molar-refractivity contribution in [1.29, 1.82) is 0 Å². The molecule has 6 heteroatoms. The summed E-state index contributed by atoms with van der Waals surface area (Å²) in [7, 11) is 6.16. The Bertz CT molecular complexity index is 2050. The first kappa shape index (κ1) is 30.9. The van der Waals surface area contributed by atoms with Gasteiger partial charge in [-0.15, -0.1) is 0 Å². The van der Waals surface area contributed by atoms with E-state index in [1.807, 2.05) is 36.4 Å². The van der Waals surface area contributed by atoms with E-state index in [2.05, 4.69) is 119 Å². The molecule has 4 aromatic heterocycles. The summed E-state index contributed by atoms with van der Waals surface area (Å²) in [5.41, 5.74) is 18.4. The molecule has 6 aromatic rings. The minimum Gasteiger partial charge on any atom is -0.377 e. The number of nitrogens with zero attached hydrogens (tertiary/aromatic N) is 6. The van der Waals surface area contributed by atoms with Gasteiger partial charge in [-0.2, -0.15) is 5.10 Å². The van der Waals surface area contributed by atoms with Crippen molar-refractivity contribution in [3.05, 3.63) is 136 Å². The van der Waals surface area contributed by atoms with Crippen molar-refractivity contribution < 1.29 is 0 Å². The van der Waals surface area contributed by atoms with Gasteiger partial charge in [0.1, 0.15) is 0 Å². The fourth-order valence-electron chi connectivity index (χ4n) is 6.57. The molecule has 6 nitrogen and oxygen atoms in total. The Morgan fingerprint density at radius 3 is 2.22 bits per heavy atom. The molecule has 0 amide bonds. The Labute approximate surface area is 272 Å². The average molecular weight is 607 g/mol. The van der Waals surface area contributed by atoms with Gasteiger partial charge in [-0.25, -0.2) is 0 Å². The highest BCUT2D eigenvalue weighted by Gasteiger charge is 2.17. The summed E-state index contributed by atoms with van der Waals surface area (Å²) in [6, 6.07) is 24.3. The molecule has 0 saturated heterocycles. The van der Waals surface area contributed by atoms with Crippen LogP contribution in [0, 0.1) is 34.6 Å². The number of hydrogen-bond donors (Lipinski definition) is 0. The van der Waals surface area contributed by atoms with E-state index >= 15 is 0 Å². The highest BCUT2D eigenvalue weighted by atomic mass is 15.3. The molecule has 0 spiro atoms.